The lowest BCUT2D eigenvalue weighted by molar-refractivity contribution is 0.376. The highest BCUT2D eigenvalue weighted by Gasteiger charge is 2.17. The maximum absolute atomic E-state index is 5.79. The number of benzene rings is 1. The van der Waals surface area contributed by atoms with Gasteiger partial charge in [0.1, 0.15) is 0 Å². The zero-order valence-electron chi connectivity index (χ0n) is 11.7. The second-order valence-corrected chi connectivity index (χ2v) is 6.33. The highest BCUT2D eigenvalue weighted by molar-refractivity contribution is 5.26. The van der Waals surface area contributed by atoms with Crippen LogP contribution in [0.5, 0.6) is 0 Å². The van der Waals surface area contributed by atoms with Crippen molar-refractivity contribution in [3.8, 4) is 0 Å². The molecular weight excluding hydrogens is 220 g/mol. The lowest BCUT2D eigenvalue weighted by Crippen LogP contribution is -2.28. The van der Waals surface area contributed by atoms with Crippen molar-refractivity contribution >= 4 is 0 Å². The molecule has 0 aromatic heterocycles. The van der Waals surface area contributed by atoms with Crippen LogP contribution in [-0.2, 0) is 6.42 Å². The van der Waals surface area contributed by atoms with E-state index >= 15 is 0 Å². The van der Waals surface area contributed by atoms with Gasteiger partial charge in [0.15, 0.2) is 0 Å². The number of nitrogens with one attached hydrogen (secondary N) is 1. The number of nitrogens with two attached hydrogens (primary N) is 1. The number of hydrogen-bond donors (Lipinski definition) is 2. The largest absolute Gasteiger partial charge is 0.330 e. The normalized spacial score (nSPS) is 20.9. The Bertz CT molecular complexity index is 361. The lowest BCUT2D eigenvalue weighted by Gasteiger charge is -2.24. The zero-order valence-corrected chi connectivity index (χ0v) is 11.7. The Hall–Kier alpha value is -0.860. The molecule has 1 aromatic rings. The van der Waals surface area contributed by atoms with Gasteiger partial charge in [0, 0.05) is 6.54 Å². The van der Waals surface area contributed by atoms with Gasteiger partial charge >= 0.3 is 0 Å². The van der Waals surface area contributed by atoms with Gasteiger partial charge in [-0.3, -0.25) is 0 Å². The topological polar surface area (TPSA) is 38.0 Å². The van der Waals surface area contributed by atoms with Gasteiger partial charge in [-0.25, -0.2) is 0 Å². The molecule has 100 valence electrons. The predicted octanol–water partition coefficient (Wildman–Crippen LogP) is 2.68. The maximum Gasteiger partial charge on any atom is 0.00201 e. The summed E-state index contributed by atoms with van der Waals surface area (Å²) in [6.45, 7) is 7.51. The second kappa shape index (κ2) is 5.85. The Kier molecular flexibility index (Phi) is 4.41. The third-order valence-electron chi connectivity index (χ3n) is 3.98. The molecule has 1 aliphatic rings. The molecule has 0 aliphatic carbocycles. The molecule has 1 heterocycles. The highest BCUT2D eigenvalue weighted by Crippen LogP contribution is 2.25. The molecule has 1 aromatic carbocycles. The van der Waals surface area contributed by atoms with E-state index in [1.807, 2.05) is 0 Å². The van der Waals surface area contributed by atoms with E-state index in [-0.39, 0.29) is 5.41 Å². The standard InChI is InChI=1S/C16H26N2/c1-16(2,12-17)10-13-5-7-14(8-6-13)15-4-3-9-18-11-15/h5-8,15,18H,3-4,9-12,17H2,1-2H3. The minimum atomic E-state index is 0.202. The molecule has 2 heteroatoms. The average molecular weight is 246 g/mol. The molecule has 0 radical (unpaired) electrons. The van der Waals surface area contributed by atoms with E-state index < -0.39 is 0 Å². The van der Waals surface area contributed by atoms with Gasteiger partial charge in [0.25, 0.3) is 0 Å². The van der Waals surface area contributed by atoms with E-state index in [0.717, 1.165) is 19.5 Å². The first kappa shape index (κ1) is 13.6. The van der Waals surface area contributed by atoms with E-state index in [1.165, 1.54) is 30.5 Å². The summed E-state index contributed by atoms with van der Waals surface area (Å²) in [5.41, 5.74) is 8.88. The highest BCUT2D eigenvalue weighted by atomic mass is 14.9. The summed E-state index contributed by atoms with van der Waals surface area (Å²) in [6, 6.07) is 9.17. The van der Waals surface area contributed by atoms with Crippen LogP contribution in [0.25, 0.3) is 0 Å². The molecule has 1 unspecified atom stereocenters. The van der Waals surface area contributed by atoms with Crippen LogP contribution in [0, 0.1) is 5.41 Å². The molecule has 2 rings (SSSR count). The van der Waals surface area contributed by atoms with Crippen molar-refractivity contribution in [2.75, 3.05) is 19.6 Å². The van der Waals surface area contributed by atoms with Gasteiger partial charge in [-0.2, -0.15) is 0 Å². The van der Waals surface area contributed by atoms with Crippen LogP contribution in [-0.4, -0.2) is 19.6 Å². The Morgan fingerprint density at radius 3 is 2.56 bits per heavy atom. The van der Waals surface area contributed by atoms with Crippen LogP contribution in [0.15, 0.2) is 24.3 Å². The maximum atomic E-state index is 5.79. The van der Waals surface area contributed by atoms with Gasteiger partial charge in [0.2, 0.25) is 0 Å². The Morgan fingerprint density at radius 1 is 1.28 bits per heavy atom. The molecular formula is C16H26N2. The molecule has 0 amide bonds. The molecule has 1 fully saturated rings. The fraction of sp³-hybridized carbons (Fsp3) is 0.625. The van der Waals surface area contributed by atoms with E-state index in [0.29, 0.717) is 5.92 Å². The molecule has 1 aliphatic heterocycles. The second-order valence-electron chi connectivity index (χ2n) is 6.33. The summed E-state index contributed by atoms with van der Waals surface area (Å²) >= 11 is 0. The van der Waals surface area contributed by atoms with Crippen LogP contribution in [0.4, 0.5) is 0 Å². The molecule has 0 spiro atoms. The molecule has 1 saturated heterocycles. The number of piperidine rings is 1. The minimum absolute atomic E-state index is 0.202. The number of hydrogen-bond acceptors (Lipinski definition) is 2. The molecule has 0 bridgehead atoms. The summed E-state index contributed by atoms with van der Waals surface area (Å²) in [6.07, 6.45) is 3.68. The zero-order chi connectivity index (χ0) is 13.0. The predicted molar refractivity (Wildman–Crippen MR) is 77.8 cm³/mol. The van der Waals surface area contributed by atoms with Crippen LogP contribution in [0.1, 0.15) is 43.7 Å². The van der Waals surface area contributed by atoms with Crippen molar-refractivity contribution in [2.24, 2.45) is 11.1 Å². The summed E-state index contributed by atoms with van der Waals surface area (Å²) < 4.78 is 0. The van der Waals surface area contributed by atoms with Gasteiger partial charge in [-0.1, -0.05) is 38.1 Å². The van der Waals surface area contributed by atoms with Crippen molar-refractivity contribution in [3.05, 3.63) is 35.4 Å². The van der Waals surface area contributed by atoms with E-state index in [4.69, 9.17) is 5.73 Å². The van der Waals surface area contributed by atoms with E-state index in [1.54, 1.807) is 0 Å². The van der Waals surface area contributed by atoms with Gasteiger partial charge in [-0.05, 0) is 54.8 Å². The lowest BCUT2D eigenvalue weighted by atomic mass is 9.84. The molecule has 0 saturated carbocycles. The third-order valence-corrected chi connectivity index (χ3v) is 3.98. The van der Waals surface area contributed by atoms with Crippen molar-refractivity contribution in [1.82, 2.24) is 5.32 Å². The van der Waals surface area contributed by atoms with Crippen molar-refractivity contribution in [2.45, 2.75) is 39.0 Å². The molecule has 18 heavy (non-hydrogen) atoms. The van der Waals surface area contributed by atoms with Crippen LogP contribution in [0.3, 0.4) is 0 Å². The third kappa shape index (κ3) is 3.56. The summed E-state index contributed by atoms with van der Waals surface area (Å²) in [7, 11) is 0. The Labute approximate surface area is 111 Å². The van der Waals surface area contributed by atoms with E-state index in [9.17, 15) is 0 Å². The Balaban J connectivity index is 2.00. The van der Waals surface area contributed by atoms with Gasteiger partial charge in [0.05, 0.1) is 0 Å². The van der Waals surface area contributed by atoms with E-state index in [2.05, 4.69) is 43.4 Å². The van der Waals surface area contributed by atoms with Crippen LogP contribution >= 0.6 is 0 Å². The van der Waals surface area contributed by atoms with Crippen LogP contribution < -0.4 is 11.1 Å². The van der Waals surface area contributed by atoms with Crippen LogP contribution in [0.2, 0.25) is 0 Å². The average Bonchev–Trinajstić information content (AvgIpc) is 2.40. The summed E-state index contributed by atoms with van der Waals surface area (Å²) in [5, 5.41) is 3.48. The first-order valence-electron chi connectivity index (χ1n) is 7.10. The summed E-state index contributed by atoms with van der Waals surface area (Å²) in [4.78, 5) is 0. The van der Waals surface area contributed by atoms with Gasteiger partial charge < -0.3 is 11.1 Å². The molecule has 3 N–H and O–H groups in total. The summed E-state index contributed by atoms with van der Waals surface area (Å²) in [5.74, 6) is 0.704. The quantitative estimate of drug-likeness (QED) is 0.857. The SMILES string of the molecule is CC(C)(CN)Cc1ccc(C2CCCNC2)cc1. The fourth-order valence-corrected chi connectivity index (χ4v) is 2.67. The Morgan fingerprint density at radius 2 is 2.00 bits per heavy atom. The molecule has 1 atom stereocenters. The molecule has 2 nitrogen and oxygen atoms in total. The van der Waals surface area contributed by atoms with Gasteiger partial charge in [-0.15, -0.1) is 0 Å². The minimum Gasteiger partial charge on any atom is -0.330 e. The van der Waals surface area contributed by atoms with Crippen molar-refractivity contribution < 1.29 is 0 Å². The number of rotatable bonds is 4. The first-order chi connectivity index (χ1) is 8.61. The van der Waals surface area contributed by atoms with Crippen molar-refractivity contribution in [3.63, 3.8) is 0 Å². The fourth-order valence-electron chi connectivity index (χ4n) is 2.67. The smallest absolute Gasteiger partial charge is 0.00201 e. The monoisotopic (exact) mass is 246 g/mol. The first-order valence-corrected chi connectivity index (χ1v) is 7.10. The van der Waals surface area contributed by atoms with Crippen molar-refractivity contribution in [1.29, 1.82) is 0 Å².